The van der Waals surface area contributed by atoms with Gasteiger partial charge in [0.05, 0.1) is 11.4 Å². The molecule has 0 radical (unpaired) electrons. The fourth-order valence-corrected chi connectivity index (χ4v) is 2.40. The van der Waals surface area contributed by atoms with Crippen LogP contribution in [0.15, 0.2) is 42.5 Å². The van der Waals surface area contributed by atoms with Crippen molar-refractivity contribution in [1.82, 2.24) is 30.8 Å². The van der Waals surface area contributed by atoms with Crippen LogP contribution in [0.2, 0.25) is 0 Å². The molecule has 2 amide bonds. The number of hydrazine groups is 1. The SMILES string of the molecule is Cc1cc(C)n(CC(=O)NNC(=O)c2cc(-c3ccccc3)n[nH]2)n1. The number of aromatic amines is 1. The van der Waals surface area contributed by atoms with E-state index < -0.39 is 5.91 Å². The minimum absolute atomic E-state index is 0.0260. The summed E-state index contributed by atoms with van der Waals surface area (Å²) >= 11 is 0. The van der Waals surface area contributed by atoms with Crippen LogP contribution in [0.25, 0.3) is 11.3 Å². The molecule has 25 heavy (non-hydrogen) atoms. The van der Waals surface area contributed by atoms with Crippen LogP contribution in [0.1, 0.15) is 21.9 Å². The molecule has 0 aliphatic carbocycles. The number of H-pyrrole nitrogens is 1. The van der Waals surface area contributed by atoms with Crippen molar-refractivity contribution in [3.05, 3.63) is 59.5 Å². The summed E-state index contributed by atoms with van der Waals surface area (Å²) < 4.78 is 1.57. The third-order valence-corrected chi connectivity index (χ3v) is 3.60. The van der Waals surface area contributed by atoms with Crippen molar-refractivity contribution < 1.29 is 9.59 Å². The average Bonchev–Trinajstić information content (AvgIpc) is 3.21. The van der Waals surface area contributed by atoms with Crippen molar-refractivity contribution >= 4 is 11.8 Å². The van der Waals surface area contributed by atoms with Crippen LogP contribution in [-0.2, 0) is 11.3 Å². The second-order valence-electron chi connectivity index (χ2n) is 5.62. The second-order valence-corrected chi connectivity index (χ2v) is 5.62. The van der Waals surface area contributed by atoms with Crippen LogP contribution in [0, 0.1) is 13.8 Å². The maximum absolute atomic E-state index is 12.1. The Kier molecular flexibility index (Phi) is 4.60. The summed E-state index contributed by atoms with van der Waals surface area (Å²) in [6, 6.07) is 13.0. The van der Waals surface area contributed by atoms with Gasteiger partial charge in [0.15, 0.2) is 0 Å². The molecular formula is C17H18N6O2. The third-order valence-electron chi connectivity index (χ3n) is 3.60. The normalized spacial score (nSPS) is 10.5. The summed E-state index contributed by atoms with van der Waals surface area (Å²) in [5.41, 5.74) is 8.24. The summed E-state index contributed by atoms with van der Waals surface area (Å²) in [5, 5.41) is 11.0. The second kappa shape index (κ2) is 7.00. The van der Waals surface area contributed by atoms with E-state index in [1.54, 1.807) is 10.7 Å². The van der Waals surface area contributed by atoms with Crippen molar-refractivity contribution in [3.63, 3.8) is 0 Å². The number of carbonyl (C=O) groups excluding carboxylic acids is 2. The van der Waals surface area contributed by atoms with Crippen LogP contribution >= 0.6 is 0 Å². The van der Waals surface area contributed by atoms with Gasteiger partial charge in [-0.1, -0.05) is 30.3 Å². The van der Waals surface area contributed by atoms with Gasteiger partial charge in [-0.3, -0.25) is 30.2 Å². The van der Waals surface area contributed by atoms with E-state index >= 15 is 0 Å². The Morgan fingerprint density at radius 2 is 1.88 bits per heavy atom. The van der Waals surface area contributed by atoms with Crippen LogP contribution in [0.3, 0.4) is 0 Å². The van der Waals surface area contributed by atoms with Crippen molar-refractivity contribution in [2.75, 3.05) is 0 Å². The maximum atomic E-state index is 12.1. The third kappa shape index (κ3) is 3.92. The number of amides is 2. The Morgan fingerprint density at radius 3 is 2.56 bits per heavy atom. The van der Waals surface area contributed by atoms with Gasteiger partial charge in [0.1, 0.15) is 12.2 Å². The molecule has 0 unspecified atom stereocenters. The number of benzene rings is 1. The highest BCUT2D eigenvalue weighted by Crippen LogP contribution is 2.16. The zero-order valence-electron chi connectivity index (χ0n) is 13.9. The van der Waals surface area contributed by atoms with E-state index in [4.69, 9.17) is 0 Å². The largest absolute Gasteiger partial charge is 0.287 e. The number of hydrogen-bond acceptors (Lipinski definition) is 4. The summed E-state index contributed by atoms with van der Waals surface area (Å²) in [6.07, 6.45) is 0. The lowest BCUT2D eigenvalue weighted by Gasteiger charge is -2.07. The first-order valence-electron chi connectivity index (χ1n) is 7.74. The Labute approximate surface area is 144 Å². The predicted octanol–water partition coefficient (Wildman–Crippen LogP) is 1.35. The highest BCUT2D eigenvalue weighted by atomic mass is 16.2. The molecule has 3 aromatic rings. The van der Waals surface area contributed by atoms with Gasteiger partial charge in [-0.15, -0.1) is 0 Å². The maximum Gasteiger partial charge on any atom is 0.287 e. The first-order chi connectivity index (χ1) is 12.0. The summed E-state index contributed by atoms with van der Waals surface area (Å²) in [4.78, 5) is 24.0. The predicted molar refractivity (Wildman–Crippen MR) is 91.3 cm³/mol. The molecule has 8 heteroatoms. The van der Waals surface area contributed by atoms with Gasteiger partial charge in [-0.25, -0.2) is 0 Å². The topological polar surface area (TPSA) is 105 Å². The fraction of sp³-hybridized carbons (Fsp3) is 0.176. The lowest BCUT2D eigenvalue weighted by Crippen LogP contribution is -2.43. The number of rotatable bonds is 4. The molecule has 2 heterocycles. The molecule has 0 saturated carbocycles. The molecule has 0 aliphatic rings. The Bertz CT molecular complexity index is 897. The van der Waals surface area contributed by atoms with Gasteiger partial charge < -0.3 is 0 Å². The molecule has 1 aromatic carbocycles. The quantitative estimate of drug-likeness (QED) is 0.625. The lowest BCUT2D eigenvalue weighted by molar-refractivity contribution is -0.122. The molecule has 0 atom stereocenters. The van der Waals surface area contributed by atoms with Gasteiger partial charge in [0, 0.05) is 11.3 Å². The molecule has 2 aromatic heterocycles. The van der Waals surface area contributed by atoms with E-state index in [9.17, 15) is 9.59 Å². The van der Waals surface area contributed by atoms with Crippen LogP contribution in [-0.4, -0.2) is 31.8 Å². The Balaban J connectivity index is 1.57. The highest BCUT2D eigenvalue weighted by molar-refractivity contribution is 5.94. The van der Waals surface area contributed by atoms with E-state index in [-0.39, 0.29) is 18.1 Å². The molecule has 0 bridgehead atoms. The fourth-order valence-electron chi connectivity index (χ4n) is 2.40. The van der Waals surface area contributed by atoms with Crippen LogP contribution in [0.4, 0.5) is 0 Å². The first-order valence-corrected chi connectivity index (χ1v) is 7.74. The Morgan fingerprint density at radius 1 is 1.12 bits per heavy atom. The van der Waals surface area contributed by atoms with Crippen molar-refractivity contribution in [3.8, 4) is 11.3 Å². The number of nitrogens with one attached hydrogen (secondary N) is 3. The molecule has 128 valence electrons. The molecule has 3 N–H and O–H groups in total. The molecule has 0 fully saturated rings. The highest BCUT2D eigenvalue weighted by Gasteiger charge is 2.13. The van der Waals surface area contributed by atoms with Gasteiger partial charge in [0.25, 0.3) is 11.8 Å². The van der Waals surface area contributed by atoms with Gasteiger partial charge >= 0.3 is 0 Å². The lowest BCUT2D eigenvalue weighted by atomic mass is 10.1. The molecule has 0 aliphatic heterocycles. The van der Waals surface area contributed by atoms with Crippen molar-refractivity contribution in [1.29, 1.82) is 0 Å². The number of aromatic nitrogens is 4. The van der Waals surface area contributed by atoms with Gasteiger partial charge in [-0.2, -0.15) is 10.2 Å². The van der Waals surface area contributed by atoms with E-state index in [0.717, 1.165) is 17.0 Å². The van der Waals surface area contributed by atoms with E-state index in [0.29, 0.717) is 5.69 Å². The number of aryl methyl sites for hydroxylation is 2. The van der Waals surface area contributed by atoms with Crippen LogP contribution < -0.4 is 10.9 Å². The number of hydrogen-bond donors (Lipinski definition) is 3. The minimum Gasteiger partial charge on any atom is -0.272 e. The summed E-state index contributed by atoms with van der Waals surface area (Å²) in [6.45, 7) is 3.74. The Hall–Kier alpha value is -3.42. The van der Waals surface area contributed by atoms with Crippen molar-refractivity contribution in [2.45, 2.75) is 20.4 Å². The molecular weight excluding hydrogens is 320 g/mol. The van der Waals surface area contributed by atoms with Gasteiger partial charge in [-0.05, 0) is 26.0 Å². The van der Waals surface area contributed by atoms with E-state index in [2.05, 4.69) is 26.1 Å². The summed E-state index contributed by atoms with van der Waals surface area (Å²) in [7, 11) is 0. The average molecular weight is 338 g/mol. The standard InChI is InChI=1S/C17H18N6O2/c1-11-8-12(2)23(22-11)10-16(24)20-21-17(25)15-9-14(18-19-15)13-6-4-3-5-7-13/h3-9H,10H2,1-2H3,(H,18,19)(H,20,24)(H,21,25). The van der Waals surface area contributed by atoms with E-state index in [1.165, 1.54) is 0 Å². The number of nitrogens with zero attached hydrogens (tertiary/aromatic N) is 3. The van der Waals surface area contributed by atoms with Gasteiger partial charge in [0.2, 0.25) is 0 Å². The molecule has 0 spiro atoms. The first kappa shape index (κ1) is 16.4. The molecule has 3 rings (SSSR count). The smallest absolute Gasteiger partial charge is 0.272 e. The molecule has 8 nitrogen and oxygen atoms in total. The molecule has 0 saturated heterocycles. The monoisotopic (exact) mass is 338 g/mol. The zero-order chi connectivity index (χ0) is 17.8. The van der Waals surface area contributed by atoms with Crippen LogP contribution in [0.5, 0.6) is 0 Å². The van der Waals surface area contributed by atoms with E-state index in [1.807, 2.05) is 50.2 Å². The number of carbonyl (C=O) groups is 2. The van der Waals surface area contributed by atoms with Crippen molar-refractivity contribution in [2.24, 2.45) is 0 Å². The summed E-state index contributed by atoms with van der Waals surface area (Å²) in [5.74, 6) is -0.848. The minimum atomic E-state index is -0.476. The zero-order valence-corrected chi connectivity index (χ0v) is 13.9.